The topological polar surface area (TPSA) is 22.1 Å². The average molecular weight is 256 g/mol. The molecule has 0 aliphatic rings. The standard InChI is InChI=1S/C10H7BrFNO/c1-14-6-4-7-8(11)2-3-13-10(7)9(12)5-6/h2-5H,1H3. The molecule has 0 atom stereocenters. The number of hydrogen-bond acceptors (Lipinski definition) is 2. The molecule has 0 spiro atoms. The molecule has 0 saturated heterocycles. The molecule has 0 N–H and O–H groups in total. The Kier molecular flexibility index (Phi) is 2.37. The zero-order valence-corrected chi connectivity index (χ0v) is 9.01. The quantitative estimate of drug-likeness (QED) is 0.781. The molecule has 0 radical (unpaired) electrons. The van der Waals surface area contributed by atoms with Crippen LogP contribution in [0.2, 0.25) is 0 Å². The molecule has 2 rings (SSSR count). The monoisotopic (exact) mass is 255 g/mol. The molecule has 0 aliphatic heterocycles. The predicted molar refractivity (Wildman–Crippen MR) is 56.0 cm³/mol. The van der Waals surface area contributed by atoms with Crippen molar-refractivity contribution in [2.24, 2.45) is 0 Å². The van der Waals surface area contributed by atoms with Gasteiger partial charge in [0, 0.05) is 22.1 Å². The van der Waals surface area contributed by atoms with Crippen molar-refractivity contribution < 1.29 is 9.13 Å². The first-order valence-corrected chi connectivity index (χ1v) is 4.79. The van der Waals surface area contributed by atoms with E-state index in [2.05, 4.69) is 20.9 Å². The Morgan fingerprint density at radius 2 is 2.21 bits per heavy atom. The summed E-state index contributed by atoms with van der Waals surface area (Å²) in [6.45, 7) is 0. The Hall–Kier alpha value is -1.16. The number of benzene rings is 1. The number of nitrogens with zero attached hydrogens (tertiary/aromatic N) is 1. The molecular formula is C10H7BrFNO. The highest BCUT2D eigenvalue weighted by Crippen LogP contribution is 2.28. The van der Waals surface area contributed by atoms with Crippen LogP contribution in [0.25, 0.3) is 10.9 Å². The highest BCUT2D eigenvalue weighted by Gasteiger charge is 2.07. The molecule has 4 heteroatoms. The van der Waals surface area contributed by atoms with E-state index in [1.807, 2.05) is 0 Å². The van der Waals surface area contributed by atoms with E-state index in [4.69, 9.17) is 4.74 Å². The summed E-state index contributed by atoms with van der Waals surface area (Å²) in [6.07, 6.45) is 1.56. The highest BCUT2D eigenvalue weighted by molar-refractivity contribution is 9.10. The van der Waals surface area contributed by atoms with Crippen molar-refractivity contribution in [2.75, 3.05) is 7.11 Å². The number of aromatic nitrogens is 1. The van der Waals surface area contributed by atoms with Gasteiger partial charge in [0.05, 0.1) is 7.11 Å². The Balaban J connectivity index is 2.83. The van der Waals surface area contributed by atoms with Crippen LogP contribution in [-0.2, 0) is 0 Å². The van der Waals surface area contributed by atoms with Gasteiger partial charge in [-0.05, 0) is 12.1 Å². The van der Waals surface area contributed by atoms with Crippen LogP contribution < -0.4 is 4.74 Å². The molecule has 0 aliphatic carbocycles. The molecule has 14 heavy (non-hydrogen) atoms. The largest absolute Gasteiger partial charge is 0.497 e. The second kappa shape index (κ2) is 3.53. The normalized spacial score (nSPS) is 10.5. The van der Waals surface area contributed by atoms with Crippen molar-refractivity contribution in [1.29, 1.82) is 0 Å². The van der Waals surface area contributed by atoms with Crippen LogP contribution in [0.5, 0.6) is 5.75 Å². The summed E-state index contributed by atoms with van der Waals surface area (Å²) in [5.74, 6) is 0.115. The lowest BCUT2D eigenvalue weighted by atomic mass is 10.2. The summed E-state index contributed by atoms with van der Waals surface area (Å²) in [4.78, 5) is 3.96. The van der Waals surface area contributed by atoms with Crippen LogP contribution in [-0.4, -0.2) is 12.1 Å². The van der Waals surface area contributed by atoms with Gasteiger partial charge in [-0.3, -0.25) is 4.98 Å². The van der Waals surface area contributed by atoms with Crippen LogP contribution in [0.15, 0.2) is 28.9 Å². The second-order valence-electron chi connectivity index (χ2n) is 2.80. The van der Waals surface area contributed by atoms with Crippen LogP contribution in [0.3, 0.4) is 0 Å². The number of pyridine rings is 1. The Morgan fingerprint density at radius 3 is 2.93 bits per heavy atom. The summed E-state index contributed by atoms with van der Waals surface area (Å²) in [6, 6.07) is 4.83. The van der Waals surface area contributed by atoms with E-state index in [-0.39, 0.29) is 5.82 Å². The van der Waals surface area contributed by atoms with E-state index < -0.39 is 0 Å². The molecule has 72 valence electrons. The van der Waals surface area contributed by atoms with E-state index >= 15 is 0 Å². The van der Waals surface area contributed by atoms with Gasteiger partial charge in [0.2, 0.25) is 0 Å². The third-order valence-electron chi connectivity index (χ3n) is 1.95. The maximum Gasteiger partial charge on any atom is 0.153 e. The minimum absolute atomic E-state index is 0.347. The first kappa shape index (κ1) is 9.40. The minimum Gasteiger partial charge on any atom is -0.497 e. The minimum atomic E-state index is -0.374. The molecule has 0 saturated carbocycles. The predicted octanol–water partition coefficient (Wildman–Crippen LogP) is 3.15. The van der Waals surface area contributed by atoms with Crippen molar-refractivity contribution >= 4 is 26.8 Å². The van der Waals surface area contributed by atoms with Gasteiger partial charge in [-0.25, -0.2) is 4.39 Å². The molecule has 1 aromatic carbocycles. The van der Waals surface area contributed by atoms with Gasteiger partial charge in [-0.2, -0.15) is 0 Å². The Labute approximate surface area is 88.8 Å². The zero-order chi connectivity index (χ0) is 10.1. The van der Waals surface area contributed by atoms with Crippen molar-refractivity contribution in [1.82, 2.24) is 4.98 Å². The summed E-state index contributed by atoms with van der Waals surface area (Å²) in [7, 11) is 1.50. The summed E-state index contributed by atoms with van der Waals surface area (Å²) >= 11 is 3.33. The first-order chi connectivity index (χ1) is 6.72. The molecule has 0 fully saturated rings. The molecule has 2 aromatic rings. The van der Waals surface area contributed by atoms with Crippen LogP contribution in [0, 0.1) is 5.82 Å². The SMILES string of the molecule is COc1cc(F)c2nccc(Br)c2c1. The Morgan fingerprint density at radius 1 is 1.43 bits per heavy atom. The van der Waals surface area contributed by atoms with E-state index in [1.165, 1.54) is 13.2 Å². The molecular weight excluding hydrogens is 249 g/mol. The summed E-state index contributed by atoms with van der Waals surface area (Å²) < 4.78 is 19.2. The van der Waals surface area contributed by atoms with E-state index in [9.17, 15) is 4.39 Å². The van der Waals surface area contributed by atoms with Gasteiger partial charge < -0.3 is 4.74 Å². The van der Waals surface area contributed by atoms with Gasteiger partial charge in [0.15, 0.2) is 5.82 Å². The fraction of sp³-hybridized carbons (Fsp3) is 0.100. The van der Waals surface area contributed by atoms with Crippen LogP contribution in [0.1, 0.15) is 0 Å². The highest BCUT2D eigenvalue weighted by atomic mass is 79.9. The number of methoxy groups -OCH3 is 1. The number of halogens is 2. The van der Waals surface area contributed by atoms with Gasteiger partial charge in [-0.15, -0.1) is 0 Å². The summed E-state index contributed by atoms with van der Waals surface area (Å²) in [5, 5.41) is 0.712. The van der Waals surface area contributed by atoms with E-state index in [0.29, 0.717) is 16.7 Å². The molecule has 0 unspecified atom stereocenters. The van der Waals surface area contributed by atoms with Gasteiger partial charge >= 0.3 is 0 Å². The zero-order valence-electron chi connectivity index (χ0n) is 7.42. The smallest absolute Gasteiger partial charge is 0.153 e. The fourth-order valence-electron chi connectivity index (χ4n) is 1.27. The number of hydrogen-bond donors (Lipinski definition) is 0. The van der Waals surface area contributed by atoms with E-state index in [0.717, 1.165) is 4.47 Å². The Bertz CT molecular complexity index is 487. The number of rotatable bonds is 1. The van der Waals surface area contributed by atoms with Crippen molar-refractivity contribution in [3.8, 4) is 5.75 Å². The fourth-order valence-corrected chi connectivity index (χ4v) is 1.69. The maximum absolute atomic E-state index is 13.5. The van der Waals surface area contributed by atoms with Gasteiger partial charge in [0.1, 0.15) is 11.3 Å². The van der Waals surface area contributed by atoms with Crippen LogP contribution >= 0.6 is 15.9 Å². The molecule has 0 amide bonds. The first-order valence-electron chi connectivity index (χ1n) is 4.00. The lowest BCUT2D eigenvalue weighted by molar-refractivity contribution is 0.412. The lowest BCUT2D eigenvalue weighted by Gasteiger charge is -2.04. The average Bonchev–Trinajstić information content (AvgIpc) is 2.19. The molecule has 2 nitrogen and oxygen atoms in total. The third kappa shape index (κ3) is 1.46. The molecule has 1 aromatic heterocycles. The van der Waals surface area contributed by atoms with Crippen LogP contribution in [0.4, 0.5) is 4.39 Å². The van der Waals surface area contributed by atoms with Crippen molar-refractivity contribution in [2.45, 2.75) is 0 Å². The summed E-state index contributed by atoms with van der Waals surface area (Å²) in [5.41, 5.74) is 0.347. The number of fused-ring (bicyclic) bond motifs is 1. The second-order valence-corrected chi connectivity index (χ2v) is 3.65. The lowest BCUT2D eigenvalue weighted by Crippen LogP contribution is -1.89. The van der Waals surface area contributed by atoms with Gasteiger partial charge in [0.25, 0.3) is 0 Å². The number of ether oxygens (including phenoxy) is 1. The van der Waals surface area contributed by atoms with Crippen molar-refractivity contribution in [3.05, 3.63) is 34.7 Å². The maximum atomic E-state index is 13.5. The van der Waals surface area contributed by atoms with Gasteiger partial charge in [-0.1, -0.05) is 15.9 Å². The van der Waals surface area contributed by atoms with E-state index in [1.54, 1.807) is 18.3 Å². The molecule has 0 bridgehead atoms. The molecule has 1 heterocycles. The third-order valence-corrected chi connectivity index (χ3v) is 2.65. The van der Waals surface area contributed by atoms with Crippen molar-refractivity contribution in [3.63, 3.8) is 0 Å².